The molecular weight excluding hydrogens is 286 g/mol. The minimum atomic E-state index is -0.0539. The molecule has 0 saturated carbocycles. The lowest BCUT2D eigenvalue weighted by Crippen LogP contribution is -2.38. The Morgan fingerprint density at radius 2 is 1.95 bits per heavy atom. The molecule has 0 unspecified atom stereocenters. The van der Waals surface area contributed by atoms with Crippen molar-refractivity contribution in [2.45, 2.75) is 0 Å². The van der Waals surface area contributed by atoms with Crippen LogP contribution in [0.5, 0.6) is 5.75 Å². The number of carbonyl (C=O) groups excluding carboxylic acids is 1. The lowest BCUT2D eigenvalue weighted by Gasteiger charge is -2.25. The summed E-state index contributed by atoms with van der Waals surface area (Å²) < 4.78 is 7.01. The van der Waals surface area contributed by atoms with Gasteiger partial charge in [0.15, 0.2) is 11.4 Å². The summed E-state index contributed by atoms with van der Waals surface area (Å²) in [6.07, 6.45) is 1.75. The van der Waals surface area contributed by atoms with Crippen LogP contribution in [0, 0.1) is 0 Å². The highest BCUT2D eigenvalue weighted by molar-refractivity contribution is 7.99. The molecule has 0 spiro atoms. The maximum atomic E-state index is 12.6. The van der Waals surface area contributed by atoms with Crippen LogP contribution < -0.4 is 4.74 Å². The van der Waals surface area contributed by atoms with Gasteiger partial charge in [0.2, 0.25) is 0 Å². The lowest BCUT2D eigenvalue weighted by molar-refractivity contribution is 0.0762. The van der Waals surface area contributed by atoms with E-state index < -0.39 is 0 Å². The third kappa shape index (κ3) is 2.90. The summed E-state index contributed by atoms with van der Waals surface area (Å²) in [5.41, 5.74) is 1.29. The third-order valence-corrected chi connectivity index (χ3v) is 4.36. The van der Waals surface area contributed by atoms with Gasteiger partial charge in [0.1, 0.15) is 0 Å². The van der Waals surface area contributed by atoms with Crippen molar-refractivity contribution in [1.29, 1.82) is 0 Å². The van der Waals surface area contributed by atoms with E-state index in [1.807, 2.05) is 47.0 Å². The number of nitrogens with zero attached hydrogens (tertiary/aromatic N) is 3. The highest BCUT2D eigenvalue weighted by Gasteiger charge is 2.25. The maximum Gasteiger partial charge on any atom is 0.278 e. The lowest BCUT2D eigenvalue weighted by atomic mass is 10.3. The number of methoxy groups -OCH3 is 1. The Morgan fingerprint density at radius 1 is 1.24 bits per heavy atom. The second-order valence-corrected chi connectivity index (χ2v) is 5.96. The van der Waals surface area contributed by atoms with Gasteiger partial charge in [-0.1, -0.05) is 18.2 Å². The molecule has 6 heteroatoms. The van der Waals surface area contributed by atoms with E-state index in [-0.39, 0.29) is 5.91 Å². The predicted molar refractivity (Wildman–Crippen MR) is 83.3 cm³/mol. The van der Waals surface area contributed by atoms with Gasteiger partial charge >= 0.3 is 0 Å². The number of aromatic nitrogens is 2. The molecule has 110 valence electrons. The molecule has 3 rings (SSSR count). The SMILES string of the molecule is COc1cn(-c2ccccc2)nc1C(=O)N1CCSCC1. The van der Waals surface area contributed by atoms with Crippen molar-refractivity contribution in [2.75, 3.05) is 31.7 Å². The average molecular weight is 303 g/mol. The fourth-order valence-electron chi connectivity index (χ4n) is 2.28. The fraction of sp³-hybridized carbons (Fsp3) is 0.333. The summed E-state index contributed by atoms with van der Waals surface area (Å²) in [4.78, 5) is 14.4. The number of carbonyl (C=O) groups is 1. The van der Waals surface area contributed by atoms with Crippen LogP contribution in [-0.2, 0) is 0 Å². The number of hydrogen-bond acceptors (Lipinski definition) is 4. The van der Waals surface area contributed by atoms with Gasteiger partial charge < -0.3 is 9.64 Å². The molecule has 2 heterocycles. The van der Waals surface area contributed by atoms with E-state index in [9.17, 15) is 4.79 Å². The molecule has 2 aromatic rings. The van der Waals surface area contributed by atoms with Gasteiger partial charge in [0.05, 0.1) is 19.0 Å². The standard InChI is InChI=1S/C15H17N3O2S/c1-20-13-11-18(12-5-3-2-4-6-12)16-14(13)15(19)17-7-9-21-10-8-17/h2-6,11H,7-10H2,1H3. The first-order valence-corrected chi connectivity index (χ1v) is 8.01. The zero-order valence-corrected chi connectivity index (χ0v) is 12.7. The van der Waals surface area contributed by atoms with E-state index in [4.69, 9.17) is 4.74 Å². The number of ether oxygens (including phenoxy) is 1. The van der Waals surface area contributed by atoms with Gasteiger partial charge in [-0.2, -0.15) is 16.9 Å². The summed E-state index contributed by atoms with van der Waals surface area (Å²) in [7, 11) is 1.56. The molecule has 1 aliphatic heterocycles. The molecule has 0 atom stereocenters. The van der Waals surface area contributed by atoms with Crippen molar-refractivity contribution in [1.82, 2.24) is 14.7 Å². The summed E-state index contributed by atoms with van der Waals surface area (Å²) >= 11 is 1.87. The Labute approximate surface area is 127 Å². The molecule has 0 bridgehead atoms. The van der Waals surface area contributed by atoms with Gasteiger partial charge in [-0.05, 0) is 12.1 Å². The molecule has 21 heavy (non-hydrogen) atoms. The van der Waals surface area contributed by atoms with Crippen LogP contribution >= 0.6 is 11.8 Å². The fourth-order valence-corrected chi connectivity index (χ4v) is 3.19. The average Bonchev–Trinajstić information content (AvgIpc) is 3.00. The highest BCUT2D eigenvalue weighted by Crippen LogP contribution is 2.22. The largest absolute Gasteiger partial charge is 0.493 e. The van der Waals surface area contributed by atoms with E-state index in [2.05, 4.69) is 5.10 Å². The van der Waals surface area contributed by atoms with Gasteiger partial charge in [-0.25, -0.2) is 4.68 Å². The number of para-hydroxylation sites is 1. The van der Waals surface area contributed by atoms with Crippen LogP contribution in [0.3, 0.4) is 0 Å². The second kappa shape index (κ2) is 6.22. The molecular formula is C15H17N3O2S. The van der Waals surface area contributed by atoms with E-state index in [0.29, 0.717) is 11.4 Å². The summed E-state index contributed by atoms with van der Waals surface area (Å²) in [5, 5.41) is 4.42. The highest BCUT2D eigenvalue weighted by atomic mass is 32.2. The number of benzene rings is 1. The number of amides is 1. The molecule has 1 fully saturated rings. The van der Waals surface area contributed by atoms with E-state index in [1.165, 1.54) is 0 Å². The van der Waals surface area contributed by atoms with Crippen molar-refractivity contribution in [3.8, 4) is 11.4 Å². The van der Waals surface area contributed by atoms with Crippen molar-refractivity contribution >= 4 is 17.7 Å². The monoisotopic (exact) mass is 303 g/mol. The first kappa shape index (κ1) is 14.0. The van der Waals surface area contributed by atoms with Gasteiger partial charge in [-0.15, -0.1) is 0 Å². The molecule has 1 aromatic heterocycles. The van der Waals surface area contributed by atoms with Crippen molar-refractivity contribution in [2.24, 2.45) is 0 Å². The molecule has 0 radical (unpaired) electrons. The Morgan fingerprint density at radius 3 is 2.62 bits per heavy atom. The number of thioether (sulfide) groups is 1. The molecule has 0 aliphatic carbocycles. The summed E-state index contributed by atoms with van der Waals surface area (Å²) in [6, 6.07) is 9.71. The molecule has 1 aliphatic rings. The van der Waals surface area contributed by atoms with Crippen LogP contribution in [0.1, 0.15) is 10.5 Å². The molecule has 1 aromatic carbocycles. The van der Waals surface area contributed by atoms with Crippen molar-refractivity contribution < 1.29 is 9.53 Å². The first-order valence-electron chi connectivity index (χ1n) is 6.85. The quantitative estimate of drug-likeness (QED) is 0.871. The molecule has 0 N–H and O–H groups in total. The minimum absolute atomic E-state index is 0.0539. The summed E-state index contributed by atoms with van der Waals surface area (Å²) in [5.74, 6) is 2.42. The number of hydrogen-bond donors (Lipinski definition) is 0. The first-order chi connectivity index (χ1) is 10.3. The van der Waals surface area contributed by atoms with Crippen LogP contribution in [0.15, 0.2) is 36.5 Å². The molecule has 1 amide bonds. The van der Waals surface area contributed by atoms with Crippen molar-refractivity contribution in [3.05, 3.63) is 42.2 Å². The maximum absolute atomic E-state index is 12.6. The van der Waals surface area contributed by atoms with E-state index in [0.717, 1.165) is 30.3 Å². The Balaban J connectivity index is 1.91. The zero-order valence-electron chi connectivity index (χ0n) is 11.9. The predicted octanol–water partition coefficient (Wildman–Crippen LogP) is 2.07. The number of rotatable bonds is 3. The Bertz CT molecular complexity index is 621. The van der Waals surface area contributed by atoms with E-state index >= 15 is 0 Å². The Hall–Kier alpha value is -1.95. The second-order valence-electron chi connectivity index (χ2n) is 4.73. The van der Waals surface area contributed by atoms with Crippen LogP contribution in [0.4, 0.5) is 0 Å². The van der Waals surface area contributed by atoms with Crippen LogP contribution in [0.25, 0.3) is 5.69 Å². The van der Waals surface area contributed by atoms with Crippen molar-refractivity contribution in [3.63, 3.8) is 0 Å². The van der Waals surface area contributed by atoms with Gasteiger partial charge in [0.25, 0.3) is 5.91 Å². The van der Waals surface area contributed by atoms with E-state index in [1.54, 1.807) is 18.0 Å². The third-order valence-electron chi connectivity index (χ3n) is 3.42. The smallest absolute Gasteiger partial charge is 0.278 e. The zero-order chi connectivity index (χ0) is 14.7. The van der Waals surface area contributed by atoms with Gasteiger partial charge in [-0.3, -0.25) is 4.79 Å². The molecule has 5 nitrogen and oxygen atoms in total. The normalized spacial score (nSPS) is 15.0. The topological polar surface area (TPSA) is 47.4 Å². The van der Waals surface area contributed by atoms with Crippen LogP contribution in [0.2, 0.25) is 0 Å². The summed E-state index contributed by atoms with van der Waals surface area (Å²) in [6.45, 7) is 1.54. The van der Waals surface area contributed by atoms with Crippen LogP contribution in [-0.4, -0.2) is 52.3 Å². The Kier molecular flexibility index (Phi) is 4.15. The molecule has 1 saturated heterocycles. The minimum Gasteiger partial charge on any atom is -0.493 e. The van der Waals surface area contributed by atoms with Gasteiger partial charge in [0, 0.05) is 24.6 Å².